The van der Waals surface area contributed by atoms with Crippen molar-refractivity contribution in [1.29, 1.82) is 0 Å². The average molecular weight is 358 g/mol. The Bertz CT molecular complexity index is 545. The molecule has 5 nitrogen and oxygen atoms in total. The van der Waals surface area contributed by atoms with E-state index in [2.05, 4.69) is 21.2 Å². The SMILES string of the molecule is CNC(=O)CN1CCN(C(=O)c2cccc(F)c2Br)CC1. The third-order valence-corrected chi connectivity index (χ3v) is 4.29. The van der Waals surface area contributed by atoms with Gasteiger partial charge in [0.05, 0.1) is 16.6 Å². The lowest BCUT2D eigenvalue weighted by Gasteiger charge is -2.34. The molecule has 21 heavy (non-hydrogen) atoms. The molecule has 2 rings (SSSR count). The Morgan fingerprint density at radius 2 is 1.95 bits per heavy atom. The van der Waals surface area contributed by atoms with Crippen LogP contribution in [0.2, 0.25) is 0 Å². The first-order chi connectivity index (χ1) is 10.0. The van der Waals surface area contributed by atoms with Crippen LogP contribution in [0.3, 0.4) is 0 Å². The highest BCUT2D eigenvalue weighted by Gasteiger charge is 2.24. The van der Waals surface area contributed by atoms with Gasteiger partial charge in [0, 0.05) is 33.2 Å². The van der Waals surface area contributed by atoms with Crippen LogP contribution < -0.4 is 5.32 Å². The summed E-state index contributed by atoms with van der Waals surface area (Å²) in [4.78, 5) is 27.4. The number of benzene rings is 1. The Kier molecular flexibility index (Phi) is 5.30. The Hall–Kier alpha value is -1.47. The summed E-state index contributed by atoms with van der Waals surface area (Å²) in [6.07, 6.45) is 0. The fourth-order valence-corrected chi connectivity index (χ4v) is 2.66. The van der Waals surface area contributed by atoms with Gasteiger partial charge in [-0.3, -0.25) is 14.5 Å². The molecule has 1 aromatic carbocycles. The average Bonchev–Trinajstić information content (AvgIpc) is 2.50. The minimum atomic E-state index is -0.445. The Labute approximate surface area is 131 Å². The normalized spacial score (nSPS) is 15.9. The smallest absolute Gasteiger partial charge is 0.255 e. The maximum absolute atomic E-state index is 13.5. The van der Waals surface area contributed by atoms with E-state index in [1.807, 2.05) is 4.90 Å². The third kappa shape index (κ3) is 3.79. The van der Waals surface area contributed by atoms with Gasteiger partial charge in [0.15, 0.2) is 0 Å². The summed E-state index contributed by atoms with van der Waals surface area (Å²) in [5.74, 6) is -0.678. The third-order valence-electron chi connectivity index (χ3n) is 3.49. The largest absolute Gasteiger partial charge is 0.358 e. The zero-order valence-corrected chi connectivity index (χ0v) is 13.3. The first kappa shape index (κ1) is 15.9. The number of carbonyl (C=O) groups excluding carboxylic acids is 2. The van der Waals surface area contributed by atoms with Gasteiger partial charge in [-0.05, 0) is 28.1 Å². The topological polar surface area (TPSA) is 52.7 Å². The summed E-state index contributed by atoms with van der Waals surface area (Å²) in [7, 11) is 1.60. The fraction of sp³-hybridized carbons (Fsp3) is 0.429. The number of piperazine rings is 1. The van der Waals surface area contributed by atoms with E-state index in [4.69, 9.17) is 0 Å². The van der Waals surface area contributed by atoms with Crippen molar-refractivity contribution >= 4 is 27.7 Å². The predicted molar refractivity (Wildman–Crippen MR) is 80.5 cm³/mol. The van der Waals surface area contributed by atoms with Crippen molar-refractivity contribution in [2.24, 2.45) is 0 Å². The van der Waals surface area contributed by atoms with E-state index in [-0.39, 0.29) is 16.3 Å². The second kappa shape index (κ2) is 7.00. The highest BCUT2D eigenvalue weighted by Crippen LogP contribution is 2.22. The molecule has 1 N–H and O–H groups in total. The van der Waals surface area contributed by atoms with Crippen LogP contribution in [0.1, 0.15) is 10.4 Å². The number of halogens is 2. The first-order valence-corrected chi connectivity index (χ1v) is 7.48. The van der Waals surface area contributed by atoms with Crippen LogP contribution in [0.5, 0.6) is 0 Å². The molecule has 2 amide bonds. The lowest BCUT2D eigenvalue weighted by molar-refractivity contribution is -0.122. The van der Waals surface area contributed by atoms with E-state index in [9.17, 15) is 14.0 Å². The molecular weight excluding hydrogens is 341 g/mol. The van der Waals surface area contributed by atoms with Gasteiger partial charge in [-0.1, -0.05) is 6.07 Å². The molecule has 0 radical (unpaired) electrons. The molecular formula is C14H17BrFN3O2. The Balaban J connectivity index is 1.97. The number of rotatable bonds is 3. The summed E-state index contributed by atoms with van der Waals surface area (Å²) in [5.41, 5.74) is 0.328. The summed E-state index contributed by atoms with van der Waals surface area (Å²) < 4.78 is 13.7. The van der Waals surface area contributed by atoms with Crippen molar-refractivity contribution in [3.63, 3.8) is 0 Å². The summed E-state index contributed by atoms with van der Waals surface area (Å²) in [6, 6.07) is 4.43. The minimum absolute atomic E-state index is 0.0392. The van der Waals surface area contributed by atoms with Gasteiger partial charge in [0.2, 0.25) is 5.91 Å². The van der Waals surface area contributed by atoms with Gasteiger partial charge in [-0.25, -0.2) is 4.39 Å². The van der Waals surface area contributed by atoms with E-state index >= 15 is 0 Å². The molecule has 1 heterocycles. The summed E-state index contributed by atoms with van der Waals surface area (Å²) >= 11 is 3.12. The van der Waals surface area contributed by atoms with E-state index in [1.165, 1.54) is 12.1 Å². The van der Waals surface area contributed by atoms with Gasteiger partial charge in [-0.2, -0.15) is 0 Å². The van der Waals surface area contributed by atoms with Gasteiger partial charge in [-0.15, -0.1) is 0 Å². The first-order valence-electron chi connectivity index (χ1n) is 6.69. The van der Waals surface area contributed by atoms with E-state index in [0.29, 0.717) is 38.3 Å². The molecule has 1 aliphatic heterocycles. The Morgan fingerprint density at radius 1 is 1.29 bits per heavy atom. The standard InChI is InChI=1S/C14H17BrFN3O2/c1-17-12(20)9-18-5-7-19(8-6-18)14(21)10-3-2-4-11(16)13(10)15/h2-4H,5-9H2,1H3,(H,17,20). The van der Waals surface area contributed by atoms with Crippen LogP contribution in [-0.2, 0) is 4.79 Å². The van der Waals surface area contributed by atoms with Crippen molar-refractivity contribution in [1.82, 2.24) is 15.1 Å². The van der Waals surface area contributed by atoms with E-state index in [0.717, 1.165) is 0 Å². The van der Waals surface area contributed by atoms with Gasteiger partial charge >= 0.3 is 0 Å². The number of likely N-dealkylation sites (N-methyl/N-ethyl adjacent to an activating group) is 1. The number of carbonyl (C=O) groups is 2. The lowest BCUT2D eigenvalue weighted by atomic mass is 10.1. The molecule has 7 heteroatoms. The Morgan fingerprint density at radius 3 is 2.57 bits per heavy atom. The molecule has 114 valence electrons. The van der Waals surface area contributed by atoms with Crippen molar-refractivity contribution < 1.29 is 14.0 Å². The zero-order valence-electron chi connectivity index (χ0n) is 11.7. The van der Waals surface area contributed by atoms with E-state index < -0.39 is 5.82 Å². The molecule has 0 aromatic heterocycles. The second-order valence-electron chi connectivity index (χ2n) is 4.84. The highest BCUT2D eigenvalue weighted by molar-refractivity contribution is 9.10. The highest BCUT2D eigenvalue weighted by atomic mass is 79.9. The molecule has 1 saturated heterocycles. The molecule has 0 atom stereocenters. The molecule has 0 bridgehead atoms. The lowest BCUT2D eigenvalue weighted by Crippen LogP contribution is -2.50. The maximum atomic E-state index is 13.5. The maximum Gasteiger partial charge on any atom is 0.255 e. The molecule has 0 saturated carbocycles. The van der Waals surface area contributed by atoms with Gasteiger partial charge in [0.25, 0.3) is 5.91 Å². The van der Waals surface area contributed by atoms with E-state index in [1.54, 1.807) is 18.0 Å². The molecule has 1 aromatic rings. The molecule has 1 fully saturated rings. The summed E-state index contributed by atoms with van der Waals surface area (Å²) in [6.45, 7) is 2.65. The van der Waals surface area contributed by atoms with Crippen LogP contribution in [0.25, 0.3) is 0 Å². The van der Waals surface area contributed by atoms with Crippen LogP contribution in [0.15, 0.2) is 22.7 Å². The second-order valence-corrected chi connectivity index (χ2v) is 5.64. The van der Waals surface area contributed by atoms with Crippen LogP contribution >= 0.6 is 15.9 Å². The number of hydrogen-bond donors (Lipinski definition) is 1. The van der Waals surface area contributed by atoms with Crippen molar-refractivity contribution in [2.45, 2.75) is 0 Å². The zero-order chi connectivity index (χ0) is 15.4. The fourth-order valence-electron chi connectivity index (χ4n) is 2.23. The number of nitrogens with one attached hydrogen (secondary N) is 1. The van der Waals surface area contributed by atoms with Crippen LogP contribution in [-0.4, -0.2) is 61.4 Å². The van der Waals surface area contributed by atoms with Crippen molar-refractivity contribution in [2.75, 3.05) is 39.8 Å². The molecule has 0 spiro atoms. The quantitative estimate of drug-likeness (QED) is 0.880. The molecule has 0 aliphatic carbocycles. The monoisotopic (exact) mass is 357 g/mol. The predicted octanol–water partition coefficient (Wildman–Crippen LogP) is 1.09. The molecule has 0 unspecified atom stereocenters. The van der Waals surface area contributed by atoms with Gasteiger partial charge in [0.1, 0.15) is 5.82 Å². The molecule has 1 aliphatic rings. The number of hydrogen-bond acceptors (Lipinski definition) is 3. The van der Waals surface area contributed by atoms with Crippen LogP contribution in [0.4, 0.5) is 4.39 Å². The minimum Gasteiger partial charge on any atom is -0.358 e. The van der Waals surface area contributed by atoms with Crippen LogP contribution in [0, 0.1) is 5.82 Å². The number of amides is 2. The van der Waals surface area contributed by atoms with Crippen molar-refractivity contribution in [3.05, 3.63) is 34.1 Å². The summed E-state index contributed by atoms with van der Waals surface area (Å²) in [5, 5.41) is 2.58. The van der Waals surface area contributed by atoms with Gasteiger partial charge < -0.3 is 10.2 Å². The van der Waals surface area contributed by atoms with Crippen molar-refractivity contribution in [3.8, 4) is 0 Å². The number of nitrogens with zero attached hydrogens (tertiary/aromatic N) is 2.